The molecule has 0 amide bonds. The maximum absolute atomic E-state index is 4.83. The summed E-state index contributed by atoms with van der Waals surface area (Å²) < 4.78 is 0. The van der Waals surface area contributed by atoms with Gasteiger partial charge in [-0.05, 0) is 29.4 Å². The number of hydrogen-bond acceptors (Lipinski definition) is 1. The summed E-state index contributed by atoms with van der Waals surface area (Å²) in [6, 6.07) is 8.78. The lowest BCUT2D eigenvalue weighted by Crippen LogP contribution is -2.36. The van der Waals surface area contributed by atoms with Crippen molar-refractivity contribution in [1.82, 2.24) is 9.80 Å². The predicted octanol–water partition coefficient (Wildman–Crippen LogP) is 2.89. The van der Waals surface area contributed by atoms with Gasteiger partial charge in [-0.15, -0.1) is 24.0 Å². The van der Waals surface area contributed by atoms with Gasteiger partial charge >= 0.3 is 0 Å². The van der Waals surface area contributed by atoms with Crippen LogP contribution in [0.3, 0.4) is 0 Å². The quantitative estimate of drug-likeness (QED) is 0.442. The normalized spacial score (nSPS) is 15.1. The molecule has 0 atom stereocenters. The van der Waals surface area contributed by atoms with Crippen LogP contribution in [-0.4, -0.2) is 50.5 Å². The average Bonchev–Trinajstić information content (AvgIpc) is 2.64. The Morgan fingerprint density at radius 3 is 1.90 bits per heavy atom. The molecule has 0 spiro atoms. The van der Waals surface area contributed by atoms with Crippen LogP contribution in [0.1, 0.15) is 18.1 Å². The van der Waals surface area contributed by atoms with Gasteiger partial charge in [0, 0.05) is 34.7 Å². The molecule has 2 rings (SSSR count). The van der Waals surface area contributed by atoms with E-state index in [0.717, 1.165) is 25.3 Å². The van der Waals surface area contributed by atoms with E-state index in [2.05, 4.69) is 41.0 Å². The summed E-state index contributed by atoms with van der Waals surface area (Å²) in [6.45, 7) is 3.23. The molecule has 3 nitrogen and oxygen atoms in total. The third-order valence-electron chi connectivity index (χ3n) is 3.76. The summed E-state index contributed by atoms with van der Waals surface area (Å²) in [5, 5.41) is 0. The topological polar surface area (TPSA) is 18.8 Å². The Morgan fingerprint density at radius 1 is 1.05 bits per heavy atom. The predicted molar refractivity (Wildman–Crippen MR) is 97.0 cm³/mol. The minimum Gasteiger partial charge on any atom is -0.349 e. The second-order valence-corrected chi connectivity index (χ2v) is 6.34. The number of nitrogens with zero attached hydrogens (tertiary/aromatic N) is 3. The molecule has 0 aliphatic heterocycles. The highest BCUT2D eigenvalue weighted by molar-refractivity contribution is 14.0. The lowest BCUT2D eigenvalue weighted by Gasteiger charge is -2.26. The van der Waals surface area contributed by atoms with E-state index in [-0.39, 0.29) is 29.4 Å². The maximum atomic E-state index is 4.83. The van der Waals surface area contributed by atoms with Crippen molar-refractivity contribution in [2.24, 2.45) is 10.4 Å². The highest BCUT2D eigenvalue weighted by Gasteiger charge is 2.32. The molecule has 0 aromatic heterocycles. The van der Waals surface area contributed by atoms with Gasteiger partial charge in [-0.3, -0.25) is 4.99 Å². The van der Waals surface area contributed by atoms with Crippen LogP contribution in [0, 0.1) is 5.41 Å². The summed E-state index contributed by atoms with van der Waals surface area (Å²) in [5.74, 6) is 1.04. The first-order valence-corrected chi connectivity index (χ1v) is 6.87. The molecule has 1 aromatic rings. The summed E-state index contributed by atoms with van der Waals surface area (Å²) in [5.41, 5.74) is 3.26. The molecule has 112 valence electrons. The second-order valence-electron chi connectivity index (χ2n) is 6.34. The zero-order chi connectivity index (χ0) is 14.0. The van der Waals surface area contributed by atoms with Crippen LogP contribution in [0.15, 0.2) is 29.3 Å². The van der Waals surface area contributed by atoms with Crippen molar-refractivity contribution < 1.29 is 0 Å². The largest absolute Gasteiger partial charge is 0.349 e. The van der Waals surface area contributed by atoms with E-state index < -0.39 is 0 Å². The van der Waals surface area contributed by atoms with E-state index in [1.807, 2.05) is 28.2 Å². The first-order chi connectivity index (χ1) is 8.91. The molecule has 0 saturated heterocycles. The molecular weight excluding hydrogens is 361 g/mol. The Morgan fingerprint density at radius 2 is 1.50 bits per heavy atom. The molecule has 1 aromatic carbocycles. The Bertz CT molecular complexity index is 445. The molecule has 0 radical (unpaired) electrons. The molecular formula is C16H26IN3. The number of fused-ring (bicyclic) bond motifs is 1. The summed E-state index contributed by atoms with van der Waals surface area (Å²) in [4.78, 5) is 8.98. The lowest BCUT2D eigenvalue weighted by molar-refractivity contribution is 0.353. The van der Waals surface area contributed by atoms with Crippen LogP contribution in [0.4, 0.5) is 0 Å². The van der Waals surface area contributed by atoms with Crippen molar-refractivity contribution in [3.05, 3.63) is 35.4 Å². The van der Waals surface area contributed by atoms with Gasteiger partial charge in [0.05, 0.1) is 0 Å². The van der Waals surface area contributed by atoms with Crippen LogP contribution < -0.4 is 0 Å². The van der Waals surface area contributed by atoms with Gasteiger partial charge in [-0.25, -0.2) is 0 Å². The molecule has 0 fully saturated rings. The summed E-state index contributed by atoms with van der Waals surface area (Å²) >= 11 is 0. The summed E-state index contributed by atoms with van der Waals surface area (Å²) in [6.07, 6.45) is 2.28. The smallest absolute Gasteiger partial charge is 0.195 e. The number of rotatable bonds is 2. The molecule has 1 aliphatic carbocycles. The minimum absolute atomic E-state index is 0. The number of aliphatic imine (C=N–C) groups is 1. The molecule has 0 N–H and O–H groups in total. The zero-order valence-electron chi connectivity index (χ0n) is 13.2. The van der Waals surface area contributed by atoms with Crippen molar-refractivity contribution in [1.29, 1.82) is 0 Å². The maximum Gasteiger partial charge on any atom is 0.195 e. The van der Waals surface area contributed by atoms with Gasteiger partial charge in [-0.2, -0.15) is 0 Å². The van der Waals surface area contributed by atoms with Crippen molar-refractivity contribution >= 4 is 29.9 Å². The molecule has 0 saturated carbocycles. The second kappa shape index (κ2) is 6.78. The molecule has 0 bridgehead atoms. The van der Waals surface area contributed by atoms with Gasteiger partial charge in [0.2, 0.25) is 0 Å². The number of benzene rings is 1. The van der Waals surface area contributed by atoms with Gasteiger partial charge in [0.1, 0.15) is 0 Å². The number of hydrogen-bond donors (Lipinski definition) is 0. The van der Waals surface area contributed by atoms with Crippen LogP contribution >= 0.6 is 24.0 Å². The van der Waals surface area contributed by atoms with Crippen molar-refractivity contribution in [3.63, 3.8) is 0 Å². The Hall–Kier alpha value is -0.780. The molecule has 0 heterocycles. The highest BCUT2D eigenvalue weighted by Crippen LogP contribution is 2.36. The fourth-order valence-corrected chi connectivity index (χ4v) is 2.94. The van der Waals surface area contributed by atoms with Gasteiger partial charge < -0.3 is 9.80 Å². The number of guanidine groups is 1. The lowest BCUT2D eigenvalue weighted by atomic mass is 9.87. The first-order valence-electron chi connectivity index (χ1n) is 6.87. The van der Waals surface area contributed by atoms with E-state index in [0.29, 0.717) is 0 Å². The van der Waals surface area contributed by atoms with Crippen LogP contribution in [0.25, 0.3) is 0 Å². The zero-order valence-corrected chi connectivity index (χ0v) is 15.5. The van der Waals surface area contributed by atoms with E-state index in [9.17, 15) is 0 Å². The SMILES string of the molecule is CN(C)C(=NCC1(C)Cc2ccccc2C1)N(C)C.I. The van der Waals surface area contributed by atoms with Crippen LogP contribution in [0.2, 0.25) is 0 Å². The van der Waals surface area contributed by atoms with Crippen molar-refractivity contribution in [3.8, 4) is 0 Å². The van der Waals surface area contributed by atoms with E-state index in [4.69, 9.17) is 4.99 Å². The Kier molecular flexibility index (Phi) is 5.86. The fourth-order valence-electron chi connectivity index (χ4n) is 2.94. The molecule has 20 heavy (non-hydrogen) atoms. The summed E-state index contributed by atoms with van der Waals surface area (Å²) in [7, 11) is 8.18. The van der Waals surface area contributed by atoms with E-state index in [1.165, 1.54) is 11.1 Å². The van der Waals surface area contributed by atoms with E-state index in [1.54, 1.807) is 0 Å². The highest BCUT2D eigenvalue weighted by atomic mass is 127. The third kappa shape index (κ3) is 3.87. The van der Waals surface area contributed by atoms with Gasteiger partial charge in [-0.1, -0.05) is 31.2 Å². The van der Waals surface area contributed by atoms with Crippen molar-refractivity contribution in [2.75, 3.05) is 34.7 Å². The van der Waals surface area contributed by atoms with Crippen LogP contribution in [-0.2, 0) is 12.8 Å². The van der Waals surface area contributed by atoms with Gasteiger partial charge in [0.15, 0.2) is 5.96 Å². The average molecular weight is 387 g/mol. The van der Waals surface area contributed by atoms with E-state index >= 15 is 0 Å². The Balaban J connectivity index is 0.00000200. The minimum atomic E-state index is 0. The first kappa shape index (κ1) is 17.3. The fraction of sp³-hybridized carbons (Fsp3) is 0.562. The third-order valence-corrected chi connectivity index (χ3v) is 3.76. The van der Waals surface area contributed by atoms with Gasteiger partial charge in [0.25, 0.3) is 0 Å². The van der Waals surface area contributed by atoms with Crippen LogP contribution in [0.5, 0.6) is 0 Å². The molecule has 4 heteroatoms. The van der Waals surface area contributed by atoms with Crippen molar-refractivity contribution in [2.45, 2.75) is 19.8 Å². The molecule has 1 aliphatic rings. The monoisotopic (exact) mass is 387 g/mol. The Labute approximate surface area is 140 Å². The standard InChI is InChI=1S/C16H25N3.HI/c1-16(12-17-15(18(2)3)19(4)5)10-13-8-6-7-9-14(13)11-16;/h6-9H,10-12H2,1-5H3;1H. The number of halogens is 1. The molecule has 0 unspecified atom stereocenters.